The molecule has 102 valence electrons. The Bertz CT molecular complexity index is 551. The van der Waals surface area contributed by atoms with E-state index >= 15 is 0 Å². The summed E-state index contributed by atoms with van der Waals surface area (Å²) in [6, 6.07) is 0. The van der Waals surface area contributed by atoms with Crippen LogP contribution in [0.4, 0.5) is 4.39 Å². The summed E-state index contributed by atoms with van der Waals surface area (Å²) >= 11 is 1.55. The number of rotatable bonds is 0. The minimum atomic E-state index is -1.42. The van der Waals surface area contributed by atoms with E-state index in [9.17, 15) is 4.39 Å². The zero-order valence-electron chi connectivity index (χ0n) is 11.1. The lowest BCUT2D eigenvalue weighted by atomic mass is 9.98. The third-order valence-corrected chi connectivity index (χ3v) is 4.45. The van der Waals surface area contributed by atoms with Crippen LogP contribution in [0.5, 0.6) is 0 Å². The second-order valence-electron chi connectivity index (χ2n) is 5.41. The zero-order chi connectivity index (χ0) is 14.2. The number of halogens is 1. The summed E-state index contributed by atoms with van der Waals surface area (Å²) < 4.78 is 14.4. The molecule has 1 aliphatic rings. The van der Waals surface area contributed by atoms with Gasteiger partial charge in [0.2, 0.25) is 6.30 Å². The van der Waals surface area contributed by atoms with E-state index in [0.717, 1.165) is 9.88 Å². The molecule has 1 unspecified atom stereocenters. The molecule has 0 radical (unpaired) electrons. The largest absolute Gasteiger partial charge is 0.364 e. The lowest BCUT2D eigenvalue weighted by Crippen LogP contribution is -2.42. The van der Waals surface area contributed by atoms with Crippen LogP contribution in [0.3, 0.4) is 0 Å². The monoisotopic (exact) mass is 281 g/mol. The number of nitrogens with zero attached hydrogens (tertiary/aromatic N) is 4. The summed E-state index contributed by atoms with van der Waals surface area (Å²) in [5.41, 5.74) is 5.92. The van der Waals surface area contributed by atoms with Gasteiger partial charge >= 0.3 is 0 Å². The number of guanidine groups is 1. The molecule has 1 aromatic rings. The highest BCUT2D eigenvalue weighted by Gasteiger charge is 2.34. The van der Waals surface area contributed by atoms with Gasteiger partial charge in [0, 0.05) is 23.3 Å². The Morgan fingerprint density at radius 2 is 2.32 bits per heavy atom. The average Bonchev–Trinajstić information content (AvgIpc) is 2.74. The fourth-order valence-corrected chi connectivity index (χ4v) is 3.00. The Labute approximate surface area is 115 Å². The Hall–Kier alpha value is -1.68. The molecule has 5 nitrogen and oxygen atoms in total. The summed E-state index contributed by atoms with van der Waals surface area (Å²) in [4.78, 5) is 9.49. The van der Waals surface area contributed by atoms with Crippen LogP contribution in [0, 0.1) is 6.57 Å². The van der Waals surface area contributed by atoms with Crippen LogP contribution in [-0.4, -0.2) is 22.4 Å². The van der Waals surface area contributed by atoms with E-state index in [2.05, 4.69) is 35.8 Å². The van der Waals surface area contributed by atoms with Crippen LogP contribution in [0.15, 0.2) is 5.10 Å². The summed E-state index contributed by atoms with van der Waals surface area (Å²) in [7, 11) is 0. The molecule has 7 heteroatoms. The fourth-order valence-electron chi connectivity index (χ4n) is 1.87. The van der Waals surface area contributed by atoms with Gasteiger partial charge in [-0.25, -0.2) is 9.37 Å². The standard InChI is InChI=1S/C12H16FN5S/c1-12(2,3)10-16-8-7(19-10)5-6-18(9(8)13)11(14)17-15-4/h9H,5-6H2,1-3H3,(H2,14,17). The molecule has 19 heavy (non-hydrogen) atoms. The summed E-state index contributed by atoms with van der Waals surface area (Å²) in [5, 5.41) is 4.29. The van der Waals surface area contributed by atoms with Crippen molar-refractivity contribution >= 4 is 17.3 Å². The molecule has 1 aliphatic heterocycles. The fraction of sp³-hybridized carbons (Fsp3) is 0.583. The van der Waals surface area contributed by atoms with Crippen molar-refractivity contribution < 1.29 is 4.39 Å². The van der Waals surface area contributed by atoms with Gasteiger partial charge in [0.05, 0.1) is 5.01 Å². The van der Waals surface area contributed by atoms with Crippen LogP contribution in [-0.2, 0) is 11.8 Å². The Balaban J connectivity index is 2.34. The first-order valence-electron chi connectivity index (χ1n) is 5.95. The van der Waals surface area contributed by atoms with Gasteiger partial charge in [-0.2, -0.15) is 6.57 Å². The Kier molecular flexibility index (Phi) is 3.45. The molecular formula is C12H16FN5S. The second-order valence-corrected chi connectivity index (χ2v) is 6.50. The number of hydrogen-bond acceptors (Lipinski definition) is 3. The van der Waals surface area contributed by atoms with Crippen molar-refractivity contribution in [1.29, 1.82) is 0 Å². The number of nitrogens with two attached hydrogens (primary N) is 1. The Morgan fingerprint density at radius 3 is 2.89 bits per heavy atom. The topological polar surface area (TPSA) is 58.9 Å². The SMILES string of the molecule is [C-]#[N+]/N=C(/N)N1CCc2sc(C(C)(C)C)nc2C1F. The van der Waals surface area contributed by atoms with Crippen LogP contribution in [0.2, 0.25) is 0 Å². The molecule has 0 bridgehead atoms. The highest BCUT2D eigenvalue weighted by molar-refractivity contribution is 7.11. The van der Waals surface area contributed by atoms with Crippen LogP contribution in [0.25, 0.3) is 4.95 Å². The highest BCUT2D eigenvalue weighted by atomic mass is 32.1. The normalized spacial score (nSPS) is 20.1. The molecule has 1 aromatic heterocycles. The molecular weight excluding hydrogens is 265 g/mol. The van der Waals surface area contributed by atoms with E-state index in [4.69, 9.17) is 12.3 Å². The van der Waals surface area contributed by atoms with Crippen molar-refractivity contribution in [3.8, 4) is 0 Å². The van der Waals surface area contributed by atoms with Crippen molar-refractivity contribution in [1.82, 2.24) is 9.88 Å². The van der Waals surface area contributed by atoms with E-state index in [1.807, 2.05) is 0 Å². The molecule has 1 atom stereocenters. The maximum Gasteiger partial charge on any atom is 0.280 e. The number of alkyl halides is 1. The average molecular weight is 281 g/mol. The maximum atomic E-state index is 14.4. The minimum absolute atomic E-state index is 0.0848. The van der Waals surface area contributed by atoms with E-state index < -0.39 is 6.30 Å². The van der Waals surface area contributed by atoms with Gasteiger partial charge in [-0.3, -0.25) is 0 Å². The molecule has 0 aliphatic carbocycles. The molecule has 2 N–H and O–H groups in total. The molecule has 0 saturated heterocycles. The predicted molar refractivity (Wildman–Crippen MR) is 73.3 cm³/mol. The van der Waals surface area contributed by atoms with Gasteiger partial charge in [0.25, 0.3) is 5.96 Å². The third-order valence-electron chi connectivity index (χ3n) is 2.89. The van der Waals surface area contributed by atoms with Gasteiger partial charge < -0.3 is 10.6 Å². The van der Waals surface area contributed by atoms with E-state index in [1.54, 1.807) is 11.3 Å². The number of aromatic nitrogens is 1. The summed E-state index contributed by atoms with van der Waals surface area (Å²) in [6.45, 7) is 13.2. The van der Waals surface area contributed by atoms with Crippen molar-refractivity contribution in [2.75, 3.05) is 6.54 Å². The van der Waals surface area contributed by atoms with E-state index in [1.165, 1.54) is 4.90 Å². The third kappa shape index (κ3) is 2.54. The van der Waals surface area contributed by atoms with Crippen LogP contribution in [0.1, 0.15) is 42.6 Å². The van der Waals surface area contributed by atoms with Crippen LogP contribution < -0.4 is 5.73 Å². The van der Waals surface area contributed by atoms with Crippen molar-refractivity contribution in [3.05, 3.63) is 27.1 Å². The quantitative estimate of drug-likeness (QED) is 0.261. The van der Waals surface area contributed by atoms with Crippen LogP contribution >= 0.6 is 11.3 Å². The predicted octanol–water partition coefficient (Wildman–Crippen LogP) is 2.42. The summed E-state index contributed by atoms with van der Waals surface area (Å²) in [5.74, 6) is -0.0848. The second kappa shape index (κ2) is 4.78. The van der Waals surface area contributed by atoms with E-state index in [0.29, 0.717) is 18.7 Å². The smallest absolute Gasteiger partial charge is 0.280 e. The van der Waals surface area contributed by atoms with Gasteiger partial charge in [-0.15, -0.1) is 16.3 Å². The molecule has 0 saturated carbocycles. The molecule has 0 spiro atoms. The molecule has 0 aromatic carbocycles. The highest BCUT2D eigenvalue weighted by Crippen LogP contribution is 2.37. The summed E-state index contributed by atoms with van der Waals surface area (Å²) in [6.07, 6.45) is -0.737. The lowest BCUT2D eigenvalue weighted by Gasteiger charge is -2.28. The van der Waals surface area contributed by atoms with Crippen molar-refractivity contribution in [2.45, 2.75) is 38.9 Å². The van der Waals surface area contributed by atoms with Gasteiger partial charge in [-0.1, -0.05) is 20.8 Å². The van der Waals surface area contributed by atoms with E-state index in [-0.39, 0.29) is 11.4 Å². The molecule has 0 fully saturated rings. The number of hydrogen-bond donors (Lipinski definition) is 1. The van der Waals surface area contributed by atoms with Crippen molar-refractivity contribution in [2.24, 2.45) is 10.8 Å². The first-order valence-corrected chi connectivity index (χ1v) is 6.77. The molecule has 2 heterocycles. The lowest BCUT2D eigenvalue weighted by molar-refractivity contribution is 0.139. The number of thiazole rings is 1. The van der Waals surface area contributed by atoms with Gasteiger partial charge in [0.1, 0.15) is 10.8 Å². The van der Waals surface area contributed by atoms with Crippen molar-refractivity contribution in [3.63, 3.8) is 0 Å². The van der Waals surface area contributed by atoms with Gasteiger partial charge in [-0.05, 0) is 0 Å². The molecule has 2 rings (SSSR count). The Morgan fingerprint density at radius 1 is 1.63 bits per heavy atom. The first kappa shape index (κ1) is 13.7. The minimum Gasteiger partial charge on any atom is -0.364 e. The maximum absolute atomic E-state index is 14.4. The zero-order valence-corrected chi connectivity index (χ0v) is 12.0. The number of fused-ring (bicyclic) bond motifs is 1. The first-order chi connectivity index (χ1) is 8.84. The molecule has 0 amide bonds. The van der Waals surface area contributed by atoms with Gasteiger partial charge in [0.15, 0.2) is 0 Å².